The van der Waals surface area contributed by atoms with Crippen LogP contribution >= 0.6 is 21.6 Å². The van der Waals surface area contributed by atoms with Crippen LogP contribution in [-0.2, 0) is 15.1 Å². The van der Waals surface area contributed by atoms with Gasteiger partial charge in [0.25, 0.3) is 11.2 Å². The first-order valence-electron chi connectivity index (χ1n) is 15.5. The highest BCUT2D eigenvalue weighted by Crippen LogP contribution is 2.47. The molecule has 0 aliphatic carbocycles. The first-order chi connectivity index (χ1) is 24.4. The number of rotatable bonds is 12. The number of methoxy groups -OCH3 is 1. The molecule has 3 aromatic carbocycles. The molecular weight excluding hydrogens is 681 g/mol. The lowest BCUT2D eigenvalue weighted by Gasteiger charge is -2.37. The lowest BCUT2D eigenvalue weighted by Crippen LogP contribution is -2.38. The van der Waals surface area contributed by atoms with Crippen LogP contribution in [0, 0.1) is 10.1 Å². The largest absolute Gasteiger partial charge is 0.497 e. The van der Waals surface area contributed by atoms with Crippen molar-refractivity contribution in [1.29, 1.82) is 0 Å². The van der Waals surface area contributed by atoms with Crippen molar-refractivity contribution in [3.63, 3.8) is 0 Å². The average Bonchev–Trinajstić information content (AvgIpc) is 3.73. The van der Waals surface area contributed by atoms with Gasteiger partial charge in [-0.3, -0.25) is 19.5 Å². The quantitative estimate of drug-likeness (QED) is 0.0709. The number of ether oxygens (including phenoxy) is 3. The molecule has 0 unspecified atom stereocenters. The van der Waals surface area contributed by atoms with Gasteiger partial charge in [-0.1, -0.05) is 83.6 Å². The zero-order valence-corrected chi connectivity index (χ0v) is 28.1. The molecule has 1 aliphatic rings. The number of nitrogens with one attached hydrogen (secondary N) is 1. The van der Waals surface area contributed by atoms with E-state index < -0.39 is 39.8 Å². The molecule has 4 heterocycles. The summed E-state index contributed by atoms with van der Waals surface area (Å²) in [5.74, 6) is 0.696. The number of benzene rings is 3. The third-order valence-electron chi connectivity index (χ3n) is 8.45. The van der Waals surface area contributed by atoms with Crippen LogP contribution in [0.1, 0.15) is 22.9 Å². The summed E-state index contributed by atoms with van der Waals surface area (Å²) < 4.78 is 20.7. The summed E-state index contributed by atoms with van der Waals surface area (Å²) in [6, 6.07) is 30.4. The Kier molecular flexibility index (Phi) is 9.65. The normalized spacial score (nSPS) is 19.1. The van der Waals surface area contributed by atoms with Crippen LogP contribution < -0.4 is 10.3 Å². The molecule has 3 aromatic heterocycles. The minimum Gasteiger partial charge on any atom is -0.497 e. The Morgan fingerprint density at radius 1 is 0.960 bits per heavy atom. The third kappa shape index (κ3) is 6.36. The predicted molar refractivity (Wildman–Crippen MR) is 188 cm³/mol. The minimum atomic E-state index is -1.11. The molecule has 2 N–H and O–H groups in total. The smallest absolute Gasteiger partial charge is 0.287 e. The van der Waals surface area contributed by atoms with Crippen LogP contribution in [0.2, 0.25) is 0 Å². The Morgan fingerprint density at radius 2 is 1.64 bits per heavy atom. The molecule has 50 heavy (non-hydrogen) atoms. The minimum absolute atomic E-state index is 0.0237. The maximum atomic E-state index is 12.4. The number of fused-ring (bicyclic) bond motifs is 1. The maximum absolute atomic E-state index is 12.4. The van der Waals surface area contributed by atoms with E-state index in [4.69, 9.17) is 14.2 Å². The Labute approximate surface area is 293 Å². The van der Waals surface area contributed by atoms with Crippen LogP contribution in [0.3, 0.4) is 0 Å². The Balaban J connectivity index is 1.27. The van der Waals surface area contributed by atoms with Gasteiger partial charge in [-0.25, -0.2) is 15.0 Å². The number of hydrogen-bond acceptors (Lipinski definition) is 12. The molecule has 6 aromatic rings. The van der Waals surface area contributed by atoms with Gasteiger partial charge < -0.3 is 24.3 Å². The molecule has 1 saturated heterocycles. The van der Waals surface area contributed by atoms with Gasteiger partial charge in [0, 0.05) is 6.07 Å². The van der Waals surface area contributed by atoms with Crippen LogP contribution in [0.5, 0.6) is 5.75 Å². The standard InChI is InChI=1S/C35H30N6O7S2/c1-46-26-15-12-24(13-16-26)35(22-8-4-2-5-9-22,23-10-6-3-7-11-23)47-19-27-31(50-49-28-17-14-25(18-36-28)41(44)45)30(42)34(48-27)40-21-39-29-32(40)37-20-38-33(29)43/h2-18,20-21,27,30-31,34,42H,19H2,1H3,(H,37,38,43)/t27-,30-,31-,34-/m1/s1. The number of aliphatic hydroxyl groups excluding tert-OH is 1. The zero-order chi connectivity index (χ0) is 34.7. The van der Waals surface area contributed by atoms with E-state index in [2.05, 4.69) is 19.9 Å². The summed E-state index contributed by atoms with van der Waals surface area (Å²) in [5, 5.41) is 22.9. The molecule has 1 fully saturated rings. The van der Waals surface area contributed by atoms with Crippen molar-refractivity contribution in [2.45, 2.75) is 34.3 Å². The van der Waals surface area contributed by atoms with Crippen molar-refractivity contribution in [2.24, 2.45) is 0 Å². The lowest BCUT2D eigenvalue weighted by molar-refractivity contribution is -0.385. The van der Waals surface area contributed by atoms with Crippen LogP contribution in [0.4, 0.5) is 5.69 Å². The number of nitro groups is 1. The molecule has 0 amide bonds. The first-order valence-corrected chi connectivity index (χ1v) is 17.7. The number of aromatic amines is 1. The van der Waals surface area contributed by atoms with Gasteiger partial charge in [-0.2, -0.15) is 0 Å². The number of aliphatic hydroxyl groups is 1. The number of hydrogen-bond donors (Lipinski definition) is 2. The van der Waals surface area contributed by atoms with E-state index in [1.54, 1.807) is 17.7 Å². The van der Waals surface area contributed by atoms with Gasteiger partial charge in [-0.05, 0) is 45.7 Å². The van der Waals surface area contributed by atoms with Crippen molar-refractivity contribution in [3.8, 4) is 5.75 Å². The third-order valence-corrected chi connectivity index (χ3v) is 11.2. The molecule has 0 radical (unpaired) electrons. The van der Waals surface area contributed by atoms with Crippen molar-refractivity contribution in [1.82, 2.24) is 24.5 Å². The van der Waals surface area contributed by atoms with Gasteiger partial charge in [0.15, 0.2) is 17.4 Å². The second-order valence-corrected chi connectivity index (χ2v) is 13.7. The molecular formula is C35H30N6O7S2. The molecule has 13 nitrogen and oxygen atoms in total. The SMILES string of the molecule is COc1ccc(C(OC[C@H]2O[C@@H](n3cnc4c(=O)[nH]cnc43)[C@H](O)[C@@H]2SSc2ccc([N+](=O)[O-])cn2)(c2ccccc2)c2ccccc2)cc1. The van der Waals surface area contributed by atoms with E-state index in [9.17, 15) is 20.0 Å². The monoisotopic (exact) mass is 710 g/mol. The molecule has 7 rings (SSSR count). The molecule has 15 heteroatoms. The van der Waals surface area contributed by atoms with Crippen LogP contribution in [-0.4, -0.2) is 65.7 Å². The maximum Gasteiger partial charge on any atom is 0.287 e. The van der Waals surface area contributed by atoms with Crippen molar-refractivity contribution >= 4 is 38.4 Å². The van der Waals surface area contributed by atoms with Crippen LogP contribution in [0.25, 0.3) is 11.2 Å². The lowest BCUT2D eigenvalue weighted by atomic mass is 9.80. The van der Waals surface area contributed by atoms with E-state index in [1.165, 1.54) is 46.5 Å². The number of H-pyrrole nitrogens is 1. The number of aromatic nitrogens is 5. The van der Waals surface area contributed by atoms with Gasteiger partial charge in [0.2, 0.25) is 0 Å². The van der Waals surface area contributed by atoms with Gasteiger partial charge in [-0.15, -0.1) is 0 Å². The van der Waals surface area contributed by atoms with Gasteiger partial charge in [0.1, 0.15) is 28.7 Å². The highest BCUT2D eigenvalue weighted by atomic mass is 33.1. The summed E-state index contributed by atoms with van der Waals surface area (Å²) >= 11 is 0. The molecule has 254 valence electrons. The van der Waals surface area contributed by atoms with E-state index >= 15 is 0 Å². The van der Waals surface area contributed by atoms with E-state index in [0.717, 1.165) is 16.7 Å². The summed E-state index contributed by atoms with van der Waals surface area (Å²) in [5.41, 5.74) is 1.34. The number of pyridine rings is 1. The van der Waals surface area contributed by atoms with Crippen molar-refractivity contribution in [3.05, 3.63) is 153 Å². The zero-order valence-electron chi connectivity index (χ0n) is 26.4. The summed E-state index contributed by atoms with van der Waals surface area (Å²) in [7, 11) is 4.18. The second kappa shape index (κ2) is 14.4. The Hall–Kier alpha value is -5.06. The summed E-state index contributed by atoms with van der Waals surface area (Å²) in [6.07, 6.45) is 1.12. The molecule has 0 saturated carbocycles. The first kappa shape index (κ1) is 33.4. The molecule has 0 bridgehead atoms. The highest BCUT2D eigenvalue weighted by Gasteiger charge is 2.48. The average molecular weight is 711 g/mol. The van der Waals surface area contributed by atoms with Crippen LogP contribution in [0.15, 0.2) is 126 Å². The molecule has 0 spiro atoms. The summed E-state index contributed by atoms with van der Waals surface area (Å²) in [4.78, 5) is 38.4. The summed E-state index contributed by atoms with van der Waals surface area (Å²) in [6.45, 7) is 0.0237. The molecule has 4 atom stereocenters. The fraction of sp³-hybridized carbons (Fsp3) is 0.200. The highest BCUT2D eigenvalue weighted by molar-refractivity contribution is 8.76. The van der Waals surface area contributed by atoms with Crippen molar-refractivity contribution < 1.29 is 24.2 Å². The predicted octanol–water partition coefficient (Wildman–Crippen LogP) is 5.51. The Morgan fingerprint density at radius 3 is 2.26 bits per heavy atom. The fourth-order valence-electron chi connectivity index (χ4n) is 6.01. The van der Waals surface area contributed by atoms with Crippen molar-refractivity contribution in [2.75, 3.05) is 13.7 Å². The van der Waals surface area contributed by atoms with E-state index in [0.29, 0.717) is 10.8 Å². The molecule has 1 aliphatic heterocycles. The van der Waals surface area contributed by atoms with Gasteiger partial charge in [0.05, 0.1) is 42.6 Å². The van der Waals surface area contributed by atoms with Gasteiger partial charge >= 0.3 is 0 Å². The number of imidazole rings is 1. The fourth-order valence-corrected chi connectivity index (χ4v) is 8.60. The number of nitrogens with zero attached hydrogens (tertiary/aromatic N) is 5. The van der Waals surface area contributed by atoms with E-state index in [1.807, 2.05) is 84.9 Å². The topological polar surface area (TPSA) is 168 Å². The van der Waals surface area contributed by atoms with E-state index in [-0.39, 0.29) is 23.5 Å². The second-order valence-electron chi connectivity index (χ2n) is 11.3. The Bertz CT molecular complexity index is 2090.